The van der Waals surface area contributed by atoms with E-state index < -0.39 is 19.9 Å². The van der Waals surface area contributed by atoms with E-state index in [9.17, 15) is 16.8 Å². The number of nitrogens with zero attached hydrogens (tertiary/aromatic N) is 1. The van der Waals surface area contributed by atoms with Gasteiger partial charge in [-0.25, -0.2) is 16.8 Å². The first-order valence-corrected chi connectivity index (χ1v) is 8.60. The summed E-state index contributed by atoms with van der Waals surface area (Å²) >= 11 is 0. The van der Waals surface area contributed by atoms with E-state index >= 15 is 0 Å². The molecule has 0 amide bonds. The van der Waals surface area contributed by atoms with Gasteiger partial charge in [0.2, 0.25) is 5.09 Å². The van der Waals surface area contributed by atoms with Crippen LogP contribution >= 0.6 is 0 Å². The largest absolute Gasteiger partial charge is 0.447 e. The summed E-state index contributed by atoms with van der Waals surface area (Å²) in [4.78, 5) is 0. The van der Waals surface area contributed by atoms with Crippen molar-refractivity contribution < 1.29 is 21.3 Å². The van der Waals surface area contributed by atoms with Gasteiger partial charge >= 0.3 is 0 Å². The van der Waals surface area contributed by atoms with Crippen LogP contribution < -0.4 is 5.73 Å². The van der Waals surface area contributed by atoms with Crippen LogP contribution in [0.25, 0.3) is 0 Å². The van der Waals surface area contributed by atoms with Gasteiger partial charge < -0.3 is 10.2 Å². The lowest BCUT2D eigenvalue weighted by Crippen LogP contribution is -2.31. The van der Waals surface area contributed by atoms with Crippen LogP contribution in [0, 0.1) is 0 Å². The molecule has 18 heavy (non-hydrogen) atoms. The van der Waals surface area contributed by atoms with Gasteiger partial charge in [0.25, 0.3) is 10.0 Å². The second-order valence-electron chi connectivity index (χ2n) is 3.88. The van der Waals surface area contributed by atoms with E-state index in [1.54, 1.807) is 0 Å². The Labute approximate surface area is 107 Å². The Kier molecular flexibility index (Phi) is 4.54. The van der Waals surface area contributed by atoms with E-state index in [1.807, 2.05) is 0 Å². The molecular formula is C9H16N2O5S2. The van der Waals surface area contributed by atoms with Gasteiger partial charge in [0.15, 0.2) is 0 Å². The summed E-state index contributed by atoms with van der Waals surface area (Å²) in [5.74, 6) is 0.109. The molecule has 0 unspecified atom stereocenters. The summed E-state index contributed by atoms with van der Waals surface area (Å²) in [6.07, 6.45) is 1.05. The van der Waals surface area contributed by atoms with Crippen molar-refractivity contribution in [1.82, 2.24) is 4.31 Å². The quantitative estimate of drug-likeness (QED) is 0.750. The molecule has 0 spiro atoms. The topological polar surface area (TPSA) is 111 Å². The minimum atomic E-state index is -3.80. The Hall–Kier alpha value is -0.900. The fourth-order valence-corrected chi connectivity index (χ4v) is 2.99. The lowest BCUT2D eigenvalue weighted by Gasteiger charge is -2.14. The van der Waals surface area contributed by atoms with Crippen molar-refractivity contribution >= 4 is 19.9 Å². The van der Waals surface area contributed by atoms with E-state index in [4.69, 9.17) is 10.2 Å². The Morgan fingerprint density at radius 1 is 1.28 bits per heavy atom. The maximum absolute atomic E-state index is 12.0. The molecule has 1 heterocycles. The maximum Gasteiger partial charge on any atom is 0.276 e. The zero-order valence-electron chi connectivity index (χ0n) is 10.2. The van der Waals surface area contributed by atoms with Gasteiger partial charge in [-0.05, 0) is 12.1 Å². The zero-order chi connectivity index (χ0) is 14.0. The highest BCUT2D eigenvalue weighted by molar-refractivity contribution is 7.91. The summed E-state index contributed by atoms with van der Waals surface area (Å²) in [5.41, 5.74) is 5.32. The van der Waals surface area contributed by atoms with Gasteiger partial charge in [-0.2, -0.15) is 4.31 Å². The lowest BCUT2D eigenvalue weighted by atomic mass is 10.5. The highest BCUT2D eigenvalue weighted by atomic mass is 32.2. The number of furan rings is 1. The predicted octanol–water partition coefficient (Wildman–Crippen LogP) is -0.597. The van der Waals surface area contributed by atoms with Gasteiger partial charge in [-0.3, -0.25) is 0 Å². The minimum absolute atomic E-state index is 0.0998. The molecule has 7 nitrogen and oxygen atoms in total. The van der Waals surface area contributed by atoms with Crippen molar-refractivity contribution in [3.05, 3.63) is 17.9 Å². The number of sulfonamides is 1. The van der Waals surface area contributed by atoms with E-state index in [2.05, 4.69) is 0 Å². The molecule has 1 rings (SSSR count). The molecule has 0 atom stereocenters. The summed E-state index contributed by atoms with van der Waals surface area (Å²) < 4.78 is 51.9. The van der Waals surface area contributed by atoms with Crippen LogP contribution in [0.2, 0.25) is 0 Å². The van der Waals surface area contributed by atoms with Crippen LogP contribution in [0.5, 0.6) is 0 Å². The molecule has 9 heteroatoms. The van der Waals surface area contributed by atoms with Gasteiger partial charge in [0.1, 0.15) is 15.6 Å². The van der Waals surface area contributed by atoms with Crippen LogP contribution in [-0.4, -0.2) is 46.7 Å². The first-order valence-electron chi connectivity index (χ1n) is 5.09. The normalized spacial score (nSPS) is 13.1. The molecular weight excluding hydrogens is 280 g/mol. The van der Waals surface area contributed by atoms with Crippen molar-refractivity contribution in [3.8, 4) is 0 Å². The van der Waals surface area contributed by atoms with Crippen LogP contribution in [0.15, 0.2) is 21.6 Å². The summed E-state index contributed by atoms with van der Waals surface area (Å²) in [5, 5.41) is -0.237. The average molecular weight is 296 g/mol. The van der Waals surface area contributed by atoms with Crippen molar-refractivity contribution in [2.75, 3.05) is 25.6 Å². The van der Waals surface area contributed by atoms with Crippen LogP contribution in [0.1, 0.15) is 5.76 Å². The molecule has 0 aromatic carbocycles. The fourth-order valence-electron chi connectivity index (χ4n) is 1.17. The zero-order valence-corrected chi connectivity index (χ0v) is 11.8. The van der Waals surface area contributed by atoms with Crippen LogP contribution in [0.3, 0.4) is 0 Å². The third-order valence-corrected chi connectivity index (χ3v) is 4.93. The van der Waals surface area contributed by atoms with Gasteiger partial charge in [0.05, 0.1) is 12.3 Å². The molecule has 0 saturated carbocycles. The number of hydrogen-bond donors (Lipinski definition) is 1. The SMILES string of the molecule is CN(CCS(C)(=O)=O)S(=O)(=O)c1ccc(CN)o1. The van der Waals surface area contributed by atoms with Gasteiger partial charge in [-0.1, -0.05) is 0 Å². The Balaban J connectivity index is 2.86. The number of hydrogen-bond acceptors (Lipinski definition) is 6. The number of rotatable bonds is 6. The second-order valence-corrected chi connectivity index (χ2v) is 8.12. The predicted molar refractivity (Wildman–Crippen MR) is 66.1 cm³/mol. The molecule has 0 bridgehead atoms. The molecule has 0 aliphatic rings. The molecule has 0 aliphatic heterocycles. The monoisotopic (exact) mass is 296 g/mol. The Bertz CT molecular complexity index is 603. The van der Waals surface area contributed by atoms with Crippen LogP contribution in [-0.2, 0) is 26.4 Å². The minimum Gasteiger partial charge on any atom is -0.447 e. The van der Waals surface area contributed by atoms with E-state index in [1.165, 1.54) is 19.2 Å². The Morgan fingerprint density at radius 3 is 2.33 bits per heavy atom. The van der Waals surface area contributed by atoms with E-state index in [0.717, 1.165) is 10.6 Å². The van der Waals surface area contributed by atoms with Gasteiger partial charge in [-0.15, -0.1) is 0 Å². The van der Waals surface area contributed by atoms with Crippen molar-refractivity contribution in [1.29, 1.82) is 0 Å². The number of nitrogens with two attached hydrogens (primary N) is 1. The average Bonchev–Trinajstić information content (AvgIpc) is 2.73. The lowest BCUT2D eigenvalue weighted by molar-refractivity contribution is 0.393. The summed E-state index contributed by atoms with van der Waals surface area (Å²) in [6, 6.07) is 2.77. The van der Waals surface area contributed by atoms with Crippen molar-refractivity contribution in [2.45, 2.75) is 11.6 Å². The highest BCUT2D eigenvalue weighted by Gasteiger charge is 2.25. The Morgan fingerprint density at radius 2 is 1.89 bits per heavy atom. The third-order valence-electron chi connectivity index (χ3n) is 2.28. The second kappa shape index (κ2) is 5.39. The van der Waals surface area contributed by atoms with E-state index in [0.29, 0.717) is 5.76 Å². The molecule has 1 aromatic heterocycles. The molecule has 1 aromatic rings. The van der Waals surface area contributed by atoms with Crippen molar-refractivity contribution in [3.63, 3.8) is 0 Å². The van der Waals surface area contributed by atoms with Gasteiger partial charge in [0, 0.05) is 19.8 Å². The smallest absolute Gasteiger partial charge is 0.276 e. The molecule has 0 radical (unpaired) electrons. The molecule has 2 N–H and O–H groups in total. The molecule has 104 valence electrons. The molecule has 0 saturated heterocycles. The highest BCUT2D eigenvalue weighted by Crippen LogP contribution is 2.17. The summed E-state index contributed by atoms with van der Waals surface area (Å²) in [6.45, 7) is -0.0254. The third kappa shape index (κ3) is 3.80. The van der Waals surface area contributed by atoms with Crippen LogP contribution in [0.4, 0.5) is 0 Å². The van der Waals surface area contributed by atoms with Crippen molar-refractivity contribution in [2.24, 2.45) is 5.73 Å². The summed E-state index contributed by atoms with van der Waals surface area (Å²) in [7, 11) is -5.73. The molecule has 0 aliphatic carbocycles. The fraction of sp³-hybridized carbons (Fsp3) is 0.556. The maximum atomic E-state index is 12.0. The standard InChI is InChI=1S/C9H16N2O5S2/c1-11(5-6-17(2,12)13)18(14,15)9-4-3-8(7-10)16-9/h3-4H,5-7,10H2,1-2H3. The molecule has 0 fully saturated rings. The first-order chi connectivity index (χ1) is 8.16. The van der Waals surface area contributed by atoms with E-state index in [-0.39, 0.29) is 23.9 Å². The number of sulfone groups is 1. The first kappa shape index (κ1) is 15.2.